The first kappa shape index (κ1) is 17.2. The SMILES string of the molecule is CCOc1ccccc1C(F)(F)C(=O)N1CCCC(C(=O)O)C1. The number of rotatable bonds is 5. The maximum Gasteiger partial charge on any atom is 0.353 e. The lowest BCUT2D eigenvalue weighted by atomic mass is 9.97. The van der Waals surface area contributed by atoms with Crippen molar-refractivity contribution >= 4 is 11.9 Å². The number of carboxylic acid groups (broad SMARTS) is 1. The molecule has 0 radical (unpaired) electrons. The Labute approximate surface area is 132 Å². The number of carbonyl (C=O) groups is 2. The van der Waals surface area contributed by atoms with E-state index in [1.165, 1.54) is 12.1 Å². The molecule has 0 aromatic heterocycles. The Hall–Kier alpha value is -2.18. The molecule has 1 heterocycles. The quantitative estimate of drug-likeness (QED) is 0.902. The third-order valence-electron chi connectivity index (χ3n) is 3.85. The molecule has 1 saturated heterocycles. The molecular formula is C16H19F2NO4. The van der Waals surface area contributed by atoms with Crippen molar-refractivity contribution in [3.63, 3.8) is 0 Å². The number of halogens is 2. The number of hydrogen-bond donors (Lipinski definition) is 1. The maximum absolute atomic E-state index is 14.6. The number of piperidine rings is 1. The zero-order valence-corrected chi connectivity index (χ0v) is 12.8. The fourth-order valence-corrected chi connectivity index (χ4v) is 2.68. The van der Waals surface area contributed by atoms with Crippen LogP contribution in [0.5, 0.6) is 5.75 Å². The molecule has 0 spiro atoms. The number of para-hydroxylation sites is 1. The van der Waals surface area contributed by atoms with Gasteiger partial charge in [-0.3, -0.25) is 9.59 Å². The predicted molar refractivity (Wildman–Crippen MR) is 78.4 cm³/mol. The van der Waals surface area contributed by atoms with Gasteiger partial charge in [0.1, 0.15) is 5.75 Å². The Morgan fingerprint density at radius 2 is 2.09 bits per heavy atom. The van der Waals surface area contributed by atoms with E-state index in [1.807, 2.05) is 0 Å². The summed E-state index contributed by atoms with van der Waals surface area (Å²) in [4.78, 5) is 24.2. The van der Waals surface area contributed by atoms with Gasteiger partial charge in [0, 0.05) is 13.1 Å². The van der Waals surface area contributed by atoms with Gasteiger partial charge in [0.05, 0.1) is 18.1 Å². The van der Waals surface area contributed by atoms with Crippen LogP contribution in [0.3, 0.4) is 0 Å². The lowest BCUT2D eigenvalue weighted by molar-refractivity contribution is -0.163. The number of aliphatic carboxylic acids is 1. The molecule has 0 aliphatic carbocycles. The van der Waals surface area contributed by atoms with E-state index >= 15 is 0 Å². The minimum absolute atomic E-state index is 0.0415. The molecule has 1 N–H and O–H groups in total. The van der Waals surface area contributed by atoms with Crippen LogP contribution in [-0.2, 0) is 15.5 Å². The van der Waals surface area contributed by atoms with Crippen molar-refractivity contribution in [1.82, 2.24) is 4.90 Å². The summed E-state index contributed by atoms with van der Waals surface area (Å²) < 4.78 is 34.4. The highest BCUT2D eigenvalue weighted by atomic mass is 19.3. The van der Waals surface area contributed by atoms with Crippen molar-refractivity contribution in [1.29, 1.82) is 0 Å². The lowest BCUT2D eigenvalue weighted by Crippen LogP contribution is -2.48. The summed E-state index contributed by atoms with van der Waals surface area (Å²) in [5, 5.41) is 9.03. The van der Waals surface area contributed by atoms with Gasteiger partial charge in [-0.25, -0.2) is 0 Å². The molecule has 5 nitrogen and oxygen atoms in total. The highest BCUT2D eigenvalue weighted by Crippen LogP contribution is 2.37. The second-order valence-corrected chi connectivity index (χ2v) is 5.43. The number of amides is 1. The van der Waals surface area contributed by atoms with E-state index in [0.29, 0.717) is 12.8 Å². The summed E-state index contributed by atoms with van der Waals surface area (Å²) in [5.41, 5.74) is -0.496. The van der Waals surface area contributed by atoms with E-state index in [0.717, 1.165) is 11.0 Å². The van der Waals surface area contributed by atoms with Crippen LogP contribution in [0.15, 0.2) is 24.3 Å². The predicted octanol–water partition coefficient (Wildman–Crippen LogP) is 2.50. The van der Waals surface area contributed by atoms with E-state index in [2.05, 4.69) is 0 Å². The number of likely N-dealkylation sites (tertiary alicyclic amines) is 1. The van der Waals surface area contributed by atoms with Crippen molar-refractivity contribution < 1.29 is 28.2 Å². The summed E-state index contributed by atoms with van der Waals surface area (Å²) in [7, 11) is 0. The molecule has 126 valence electrons. The molecule has 0 saturated carbocycles. The Kier molecular flexibility index (Phi) is 5.18. The molecule has 1 fully saturated rings. The van der Waals surface area contributed by atoms with Gasteiger partial charge in [-0.15, -0.1) is 0 Å². The van der Waals surface area contributed by atoms with Gasteiger partial charge in [-0.05, 0) is 31.9 Å². The number of ether oxygens (including phenoxy) is 1. The molecule has 1 aromatic carbocycles. The van der Waals surface area contributed by atoms with Gasteiger partial charge in [0.25, 0.3) is 5.91 Å². The molecule has 1 aliphatic rings. The van der Waals surface area contributed by atoms with Crippen LogP contribution >= 0.6 is 0 Å². The van der Waals surface area contributed by atoms with Crippen LogP contribution in [0.4, 0.5) is 8.78 Å². The number of carbonyl (C=O) groups excluding carboxylic acids is 1. The highest BCUT2D eigenvalue weighted by molar-refractivity contribution is 5.86. The fourth-order valence-electron chi connectivity index (χ4n) is 2.68. The molecule has 0 bridgehead atoms. The summed E-state index contributed by atoms with van der Waals surface area (Å²) in [6.07, 6.45) is 0.784. The third kappa shape index (κ3) is 3.60. The van der Waals surface area contributed by atoms with Gasteiger partial charge in [-0.1, -0.05) is 12.1 Å². The van der Waals surface area contributed by atoms with Crippen molar-refractivity contribution in [2.45, 2.75) is 25.7 Å². The zero-order chi connectivity index (χ0) is 17.0. The second-order valence-electron chi connectivity index (χ2n) is 5.43. The second kappa shape index (κ2) is 6.93. The van der Waals surface area contributed by atoms with E-state index < -0.39 is 29.3 Å². The van der Waals surface area contributed by atoms with Gasteiger partial charge >= 0.3 is 11.9 Å². The summed E-state index contributed by atoms with van der Waals surface area (Å²) >= 11 is 0. The number of nitrogens with zero attached hydrogens (tertiary/aromatic N) is 1. The topological polar surface area (TPSA) is 66.8 Å². The fraction of sp³-hybridized carbons (Fsp3) is 0.500. The van der Waals surface area contributed by atoms with Gasteiger partial charge < -0.3 is 14.7 Å². The number of carboxylic acids is 1. The Morgan fingerprint density at radius 1 is 1.39 bits per heavy atom. The van der Waals surface area contributed by atoms with Crippen LogP contribution in [0.25, 0.3) is 0 Å². The van der Waals surface area contributed by atoms with Crippen molar-refractivity contribution in [3.8, 4) is 5.75 Å². The first-order chi connectivity index (χ1) is 10.9. The number of benzene rings is 1. The van der Waals surface area contributed by atoms with Crippen molar-refractivity contribution in [2.75, 3.05) is 19.7 Å². The summed E-state index contributed by atoms with van der Waals surface area (Å²) in [6, 6.07) is 5.50. The standard InChI is InChI=1S/C16H19F2NO4/c1-2-23-13-8-4-3-7-12(13)16(17,18)15(22)19-9-5-6-11(10-19)14(20)21/h3-4,7-8,11H,2,5-6,9-10H2,1H3,(H,20,21). The largest absolute Gasteiger partial charge is 0.493 e. The maximum atomic E-state index is 14.6. The van der Waals surface area contributed by atoms with Gasteiger partial charge in [-0.2, -0.15) is 8.78 Å². The van der Waals surface area contributed by atoms with Crippen molar-refractivity contribution in [3.05, 3.63) is 29.8 Å². The van der Waals surface area contributed by atoms with Crippen LogP contribution in [-0.4, -0.2) is 41.6 Å². The molecular weight excluding hydrogens is 308 g/mol. The van der Waals surface area contributed by atoms with Gasteiger partial charge in [0.15, 0.2) is 0 Å². The average Bonchev–Trinajstić information content (AvgIpc) is 2.55. The summed E-state index contributed by atoms with van der Waals surface area (Å²) in [5.74, 6) is -7.05. The molecule has 1 aliphatic heterocycles. The normalized spacial score (nSPS) is 18.6. The zero-order valence-electron chi connectivity index (χ0n) is 12.8. The lowest BCUT2D eigenvalue weighted by Gasteiger charge is -2.33. The Bertz CT molecular complexity index is 591. The number of hydrogen-bond acceptors (Lipinski definition) is 3. The van der Waals surface area contributed by atoms with E-state index in [-0.39, 0.29) is 25.4 Å². The molecule has 23 heavy (non-hydrogen) atoms. The summed E-state index contributed by atoms with van der Waals surface area (Å²) in [6.45, 7) is 1.81. The monoisotopic (exact) mass is 327 g/mol. The van der Waals surface area contributed by atoms with E-state index in [1.54, 1.807) is 13.0 Å². The Balaban J connectivity index is 2.25. The molecule has 1 amide bonds. The Morgan fingerprint density at radius 3 is 2.74 bits per heavy atom. The third-order valence-corrected chi connectivity index (χ3v) is 3.85. The van der Waals surface area contributed by atoms with E-state index in [9.17, 15) is 18.4 Å². The van der Waals surface area contributed by atoms with Crippen molar-refractivity contribution in [2.24, 2.45) is 5.92 Å². The molecule has 1 unspecified atom stereocenters. The molecule has 1 aromatic rings. The molecule has 7 heteroatoms. The first-order valence-electron chi connectivity index (χ1n) is 7.50. The minimum Gasteiger partial charge on any atom is -0.493 e. The van der Waals surface area contributed by atoms with E-state index in [4.69, 9.17) is 9.84 Å². The highest BCUT2D eigenvalue weighted by Gasteiger charge is 2.47. The molecule has 2 rings (SSSR count). The average molecular weight is 327 g/mol. The minimum atomic E-state index is -3.76. The first-order valence-corrected chi connectivity index (χ1v) is 7.50. The van der Waals surface area contributed by atoms with Crippen LogP contribution < -0.4 is 4.74 Å². The smallest absolute Gasteiger partial charge is 0.353 e. The van der Waals surface area contributed by atoms with Crippen LogP contribution in [0.2, 0.25) is 0 Å². The van der Waals surface area contributed by atoms with Crippen LogP contribution in [0.1, 0.15) is 25.3 Å². The molecule has 1 atom stereocenters. The van der Waals surface area contributed by atoms with Gasteiger partial charge in [0.2, 0.25) is 0 Å². The van der Waals surface area contributed by atoms with Crippen LogP contribution in [0, 0.1) is 5.92 Å². The number of alkyl halides is 2.